The highest BCUT2D eigenvalue weighted by atomic mass is 32.2. The average Bonchev–Trinajstić information content (AvgIpc) is 2.76. The zero-order valence-corrected chi connectivity index (χ0v) is 17.3. The minimum Gasteiger partial charge on any atom is -0.493 e. The van der Waals surface area contributed by atoms with Crippen molar-refractivity contribution < 1.29 is 28.5 Å². The number of hydrogen-bond donors (Lipinski definition) is 1. The molecule has 0 bridgehead atoms. The summed E-state index contributed by atoms with van der Waals surface area (Å²) in [6.07, 6.45) is 1.28. The van der Waals surface area contributed by atoms with Crippen LogP contribution in [0.1, 0.15) is 5.56 Å². The molecule has 0 atom stereocenters. The lowest BCUT2D eigenvalue weighted by molar-refractivity contribution is -0.143. The first-order chi connectivity index (χ1) is 14.1. The summed E-state index contributed by atoms with van der Waals surface area (Å²) in [6.45, 7) is -0.156. The van der Waals surface area contributed by atoms with Crippen LogP contribution in [0.25, 0.3) is 0 Å². The molecule has 1 amide bonds. The molecule has 0 aromatic heterocycles. The fourth-order valence-corrected chi connectivity index (χ4v) is 2.99. The van der Waals surface area contributed by atoms with Gasteiger partial charge in [0.1, 0.15) is 0 Å². The second-order valence-corrected chi connectivity index (χ2v) is 6.63. The molecule has 0 saturated heterocycles. The molecular formula is C21H23NO6S. The standard InChI is InChI=1S/C21H23NO6S/c1-25-17-11-15(12-18(26-2)21(17)27-3)13-22-19(23)14-28-20(24)9-10-29-16-7-5-4-6-8-16/h4-12H,13-14H2,1-3H3,(H,22,23)/b10-9+. The van der Waals surface area contributed by atoms with E-state index in [-0.39, 0.29) is 13.2 Å². The van der Waals surface area contributed by atoms with Gasteiger partial charge in [-0.05, 0) is 35.2 Å². The molecule has 7 nitrogen and oxygen atoms in total. The Morgan fingerprint density at radius 3 is 2.24 bits per heavy atom. The lowest BCUT2D eigenvalue weighted by atomic mass is 10.1. The van der Waals surface area contributed by atoms with Gasteiger partial charge in [-0.25, -0.2) is 4.79 Å². The molecule has 0 aliphatic carbocycles. The van der Waals surface area contributed by atoms with Gasteiger partial charge in [0.05, 0.1) is 21.3 Å². The van der Waals surface area contributed by atoms with Gasteiger partial charge in [0.15, 0.2) is 18.1 Å². The Morgan fingerprint density at radius 2 is 1.66 bits per heavy atom. The summed E-state index contributed by atoms with van der Waals surface area (Å²) in [5, 5.41) is 4.30. The first-order valence-corrected chi connectivity index (χ1v) is 9.56. The van der Waals surface area contributed by atoms with Crippen LogP contribution in [0, 0.1) is 0 Å². The number of carbonyl (C=O) groups is 2. The Balaban J connectivity index is 1.80. The summed E-state index contributed by atoms with van der Waals surface area (Å²) >= 11 is 1.38. The minimum absolute atomic E-state index is 0.215. The predicted octanol–water partition coefficient (Wildman–Crippen LogP) is 3.18. The number of esters is 1. The second kappa shape index (κ2) is 11.7. The molecule has 29 heavy (non-hydrogen) atoms. The molecule has 154 valence electrons. The number of benzene rings is 2. The SMILES string of the molecule is COc1cc(CNC(=O)COC(=O)/C=C/Sc2ccccc2)cc(OC)c1OC. The van der Waals surface area contributed by atoms with E-state index in [2.05, 4.69) is 5.32 Å². The largest absolute Gasteiger partial charge is 0.493 e. The van der Waals surface area contributed by atoms with E-state index in [4.69, 9.17) is 18.9 Å². The number of ether oxygens (including phenoxy) is 4. The first kappa shape index (κ1) is 22.2. The molecule has 0 aliphatic rings. The van der Waals surface area contributed by atoms with E-state index in [1.165, 1.54) is 39.2 Å². The third kappa shape index (κ3) is 7.08. The van der Waals surface area contributed by atoms with Gasteiger partial charge in [-0.2, -0.15) is 0 Å². The van der Waals surface area contributed by atoms with Crippen LogP contribution >= 0.6 is 11.8 Å². The maximum atomic E-state index is 11.9. The zero-order chi connectivity index (χ0) is 21.1. The zero-order valence-electron chi connectivity index (χ0n) is 16.5. The van der Waals surface area contributed by atoms with Gasteiger partial charge in [-0.3, -0.25) is 4.79 Å². The Kier molecular flexibility index (Phi) is 8.91. The highest BCUT2D eigenvalue weighted by Crippen LogP contribution is 2.38. The predicted molar refractivity (Wildman–Crippen MR) is 110 cm³/mol. The highest BCUT2D eigenvalue weighted by Gasteiger charge is 2.14. The van der Waals surface area contributed by atoms with Crippen molar-refractivity contribution >= 4 is 23.6 Å². The fourth-order valence-electron chi connectivity index (χ4n) is 2.34. The number of nitrogens with one attached hydrogen (secondary N) is 1. The molecule has 0 heterocycles. The van der Waals surface area contributed by atoms with Gasteiger partial charge in [-0.1, -0.05) is 30.0 Å². The molecule has 2 rings (SSSR count). The lowest BCUT2D eigenvalue weighted by Crippen LogP contribution is -2.28. The Hall–Kier alpha value is -3.13. The molecular weight excluding hydrogens is 394 g/mol. The van der Waals surface area contributed by atoms with Crippen molar-refractivity contribution in [2.45, 2.75) is 11.4 Å². The normalized spacial score (nSPS) is 10.4. The smallest absolute Gasteiger partial charge is 0.331 e. The number of hydrogen-bond acceptors (Lipinski definition) is 7. The molecule has 0 saturated carbocycles. The topological polar surface area (TPSA) is 83.1 Å². The van der Waals surface area contributed by atoms with Crippen LogP contribution < -0.4 is 19.5 Å². The van der Waals surface area contributed by atoms with E-state index in [0.29, 0.717) is 17.2 Å². The third-order valence-electron chi connectivity index (χ3n) is 3.71. The van der Waals surface area contributed by atoms with E-state index in [1.807, 2.05) is 30.3 Å². The van der Waals surface area contributed by atoms with Crippen LogP contribution in [-0.2, 0) is 20.9 Å². The fraction of sp³-hybridized carbons (Fsp3) is 0.238. The van der Waals surface area contributed by atoms with Crippen molar-refractivity contribution in [3.05, 3.63) is 59.5 Å². The van der Waals surface area contributed by atoms with Crippen molar-refractivity contribution in [3.63, 3.8) is 0 Å². The monoisotopic (exact) mass is 417 g/mol. The molecule has 1 N–H and O–H groups in total. The van der Waals surface area contributed by atoms with Crippen LogP contribution in [-0.4, -0.2) is 39.8 Å². The van der Waals surface area contributed by atoms with Crippen LogP contribution in [0.2, 0.25) is 0 Å². The van der Waals surface area contributed by atoms with Gasteiger partial charge in [0.2, 0.25) is 5.75 Å². The number of rotatable bonds is 10. The molecule has 2 aromatic rings. The Morgan fingerprint density at radius 1 is 1.00 bits per heavy atom. The highest BCUT2D eigenvalue weighted by molar-refractivity contribution is 8.02. The maximum absolute atomic E-state index is 11.9. The van der Waals surface area contributed by atoms with Gasteiger partial charge >= 0.3 is 5.97 Å². The van der Waals surface area contributed by atoms with E-state index < -0.39 is 11.9 Å². The van der Waals surface area contributed by atoms with E-state index in [1.54, 1.807) is 17.5 Å². The minimum atomic E-state index is -0.587. The van der Waals surface area contributed by atoms with Crippen LogP contribution in [0.4, 0.5) is 0 Å². The second-order valence-electron chi connectivity index (χ2n) is 5.65. The van der Waals surface area contributed by atoms with Crippen molar-refractivity contribution in [2.75, 3.05) is 27.9 Å². The molecule has 8 heteroatoms. The lowest BCUT2D eigenvalue weighted by Gasteiger charge is -2.14. The summed E-state index contributed by atoms with van der Waals surface area (Å²) in [7, 11) is 4.55. The molecule has 0 radical (unpaired) electrons. The summed E-state index contributed by atoms with van der Waals surface area (Å²) in [5.41, 5.74) is 0.748. The Labute approximate surface area is 174 Å². The third-order valence-corrected chi connectivity index (χ3v) is 4.53. The quantitative estimate of drug-likeness (QED) is 0.361. The van der Waals surface area contributed by atoms with Crippen LogP contribution in [0.15, 0.2) is 58.8 Å². The summed E-state index contributed by atoms with van der Waals surface area (Å²) in [6, 6.07) is 13.1. The van der Waals surface area contributed by atoms with Crippen molar-refractivity contribution in [3.8, 4) is 17.2 Å². The van der Waals surface area contributed by atoms with Gasteiger partial charge in [0, 0.05) is 17.5 Å². The van der Waals surface area contributed by atoms with Gasteiger partial charge < -0.3 is 24.3 Å². The number of methoxy groups -OCH3 is 3. The summed E-state index contributed by atoms with van der Waals surface area (Å²) in [4.78, 5) is 24.6. The van der Waals surface area contributed by atoms with Crippen molar-refractivity contribution in [2.24, 2.45) is 0 Å². The molecule has 0 aliphatic heterocycles. The summed E-state index contributed by atoms with van der Waals surface area (Å²) < 4.78 is 20.8. The van der Waals surface area contributed by atoms with E-state index >= 15 is 0 Å². The van der Waals surface area contributed by atoms with Gasteiger partial charge in [0.25, 0.3) is 5.91 Å². The molecule has 2 aromatic carbocycles. The molecule has 0 unspecified atom stereocenters. The number of carbonyl (C=O) groups excluding carboxylic acids is 2. The number of thioether (sulfide) groups is 1. The molecule has 0 fully saturated rings. The molecule has 0 spiro atoms. The van der Waals surface area contributed by atoms with E-state index in [9.17, 15) is 9.59 Å². The average molecular weight is 417 g/mol. The first-order valence-electron chi connectivity index (χ1n) is 8.68. The maximum Gasteiger partial charge on any atom is 0.331 e. The van der Waals surface area contributed by atoms with Gasteiger partial charge in [-0.15, -0.1) is 0 Å². The van der Waals surface area contributed by atoms with Crippen molar-refractivity contribution in [1.82, 2.24) is 5.32 Å². The van der Waals surface area contributed by atoms with Crippen LogP contribution in [0.5, 0.6) is 17.2 Å². The summed E-state index contributed by atoms with van der Waals surface area (Å²) in [5.74, 6) is 0.443. The van der Waals surface area contributed by atoms with Crippen molar-refractivity contribution in [1.29, 1.82) is 0 Å². The van der Waals surface area contributed by atoms with E-state index in [0.717, 1.165) is 10.5 Å². The Bertz CT molecular complexity index is 828. The number of amides is 1. The van der Waals surface area contributed by atoms with Crippen LogP contribution in [0.3, 0.4) is 0 Å².